The molecule has 0 aliphatic carbocycles. The van der Waals surface area contributed by atoms with Crippen LogP contribution in [0.4, 0.5) is 0 Å². The fourth-order valence-electron chi connectivity index (χ4n) is 4.84. The van der Waals surface area contributed by atoms with Crippen molar-refractivity contribution in [2.75, 3.05) is 7.11 Å². The summed E-state index contributed by atoms with van der Waals surface area (Å²) in [5.41, 5.74) is 0. The summed E-state index contributed by atoms with van der Waals surface area (Å²) in [4.78, 5) is 0. The Bertz CT molecular complexity index is 386. The van der Waals surface area contributed by atoms with Gasteiger partial charge in [0.25, 0.3) is 0 Å². The molecule has 2 atom stereocenters. The monoisotopic (exact) mass is 406 g/mol. The largest absolute Gasteiger partial charge is 0.414 e. The molecule has 0 aromatic heterocycles. The molecule has 0 radical (unpaired) electrons. The Morgan fingerprint density at radius 3 is 1.60 bits per heavy atom. The standard InChI is InChI=1S/C19H46O3Si3/c1-13-18(14-2,17(5)21-23(7)20-6)25(11,12)22-19(15-3,16-4)24(8,9)10/h17,23H,13-16H2,1-12H3. The van der Waals surface area contributed by atoms with Gasteiger partial charge in [0, 0.05) is 23.5 Å². The highest BCUT2D eigenvalue weighted by molar-refractivity contribution is 6.81. The third-order valence-electron chi connectivity index (χ3n) is 6.93. The lowest BCUT2D eigenvalue weighted by Gasteiger charge is -2.55. The molecule has 6 heteroatoms. The van der Waals surface area contributed by atoms with E-state index < -0.39 is 25.7 Å². The topological polar surface area (TPSA) is 27.7 Å². The first-order valence-electron chi connectivity index (χ1n) is 10.2. The first-order chi connectivity index (χ1) is 11.3. The maximum Gasteiger partial charge on any atom is 0.318 e. The summed E-state index contributed by atoms with van der Waals surface area (Å²) < 4.78 is 19.2. The van der Waals surface area contributed by atoms with Gasteiger partial charge < -0.3 is 13.3 Å². The fourth-order valence-corrected chi connectivity index (χ4v) is 14.3. The summed E-state index contributed by atoms with van der Waals surface area (Å²) in [6, 6.07) is 0. The van der Waals surface area contributed by atoms with E-state index in [1.165, 1.54) is 0 Å². The lowest BCUT2D eigenvalue weighted by Crippen LogP contribution is -2.63. The summed E-state index contributed by atoms with van der Waals surface area (Å²) in [5, 5.41) is 0.171. The van der Waals surface area contributed by atoms with E-state index in [9.17, 15) is 0 Å². The summed E-state index contributed by atoms with van der Waals surface area (Å²) in [6.45, 7) is 25.9. The van der Waals surface area contributed by atoms with Gasteiger partial charge in [-0.25, -0.2) is 0 Å². The zero-order chi connectivity index (χ0) is 20.1. The molecule has 0 aliphatic rings. The predicted molar refractivity (Wildman–Crippen MR) is 119 cm³/mol. The Morgan fingerprint density at radius 1 is 0.880 bits per heavy atom. The van der Waals surface area contributed by atoms with Gasteiger partial charge in [0.15, 0.2) is 8.32 Å². The van der Waals surface area contributed by atoms with E-state index in [0.717, 1.165) is 25.7 Å². The van der Waals surface area contributed by atoms with Gasteiger partial charge in [-0.2, -0.15) is 0 Å². The van der Waals surface area contributed by atoms with Crippen LogP contribution in [-0.2, 0) is 13.3 Å². The minimum Gasteiger partial charge on any atom is -0.414 e. The second kappa shape index (κ2) is 9.64. The Hall–Kier alpha value is 0.531. The zero-order valence-corrected chi connectivity index (χ0v) is 22.4. The number of rotatable bonds is 12. The predicted octanol–water partition coefficient (Wildman–Crippen LogP) is 6.11. The van der Waals surface area contributed by atoms with Crippen LogP contribution in [0, 0.1) is 0 Å². The molecule has 0 bridgehead atoms. The van der Waals surface area contributed by atoms with Crippen molar-refractivity contribution in [3.8, 4) is 0 Å². The van der Waals surface area contributed by atoms with Crippen LogP contribution in [0.2, 0.25) is 44.3 Å². The van der Waals surface area contributed by atoms with Crippen LogP contribution in [0.1, 0.15) is 60.3 Å². The minimum atomic E-state index is -2.04. The van der Waals surface area contributed by atoms with Crippen molar-refractivity contribution in [2.24, 2.45) is 0 Å². The molecule has 0 fully saturated rings. The quantitative estimate of drug-likeness (QED) is 0.366. The van der Waals surface area contributed by atoms with Crippen molar-refractivity contribution in [1.29, 1.82) is 0 Å². The van der Waals surface area contributed by atoms with Gasteiger partial charge in [0.2, 0.25) is 0 Å². The third-order valence-corrected chi connectivity index (χ3v) is 16.5. The van der Waals surface area contributed by atoms with E-state index in [0.29, 0.717) is 0 Å². The second-order valence-corrected chi connectivity index (χ2v) is 20.5. The molecule has 0 spiro atoms. The van der Waals surface area contributed by atoms with Crippen LogP contribution in [0.5, 0.6) is 0 Å². The molecule has 0 aromatic rings. The van der Waals surface area contributed by atoms with Crippen LogP contribution >= 0.6 is 0 Å². The fraction of sp³-hybridized carbons (Fsp3) is 1.00. The van der Waals surface area contributed by atoms with Gasteiger partial charge in [0.1, 0.15) is 0 Å². The van der Waals surface area contributed by atoms with Crippen LogP contribution in [0.15, 0.2) is 0 Å². The van der Waals surface area contributed by atoms with Gasteiger partial charge in [-0.1, -0.05) is 47.3 Å². The van der Waals surface area contributed by atoms with Gasteiger partial charge in [-0.3, -0.25) is 0 Å². The van der Waals surface area contributed by atoms with Crippen molar-refractivity contribution < 1.29 is 13.3 Å². The van der Waals surface area contributed by atoms with Crippen molar-refractivity contribution in [3.05, 3.63) is 0 Å². The molecule has 0 aromatic carbocycles. The van der Waals surface area contributed by atoms with Crippen LogP contribution in [0.3, 0.4) is 0 Å². The molecule has 0 aliphatic heterocycles. The van der Waals surface area contributed by atoms with Crippen molar-refractivity contribution in [3.63, 3.8) is 0 Å². The van der Waals surface area contributed by atoms with Gasteiger partial charge >= 0.3 is 9.28 Å². The zero-order valence-electron chi connectivity index (χ0n) is 19.2. The number of hydrogen-bond donors (Lipinski definition) is 0. The van der Waals surface area contributed by atoms with Gasteiger partial charge in [0.05, 0.1) is 8.07 Å². The highest BCUT2D eigenvalue weighted by Crippen LogP contribution is 2.52. The van der Waals surface area contributed by atoms with E-state index in [1.54, 1.807) is 7.11 Å². The Kier molecular flexibility index (Phi) is 9.85. The molecule has 2 unspecified atom stereocenters. The third kappa shape index (κ3) is 5.29. The Labute approximate surface area is 162 Å². The Balaban J connectivity index is 5.92. The summed E-state index contributed by atoms with van der Waals surface area (Å²) in [5.74, 6) is 0. The van der Waals surface area contributed by atoms with Crippen molar-refractivity contribution in [2.45, 2.75) is 116 Å². The molecular formula is C19H46O3Si3. The SMILES string of the molecule is CCC(CC)(O[Si](C)(C)C(CC)(CC)C(C)O[SiH](C)OC)[Si](C)(C)C. The molecule has 0 saturated heterocycles. The average Bonchev–Trinajstić information content (AvgIpc) is 2.52. The summed E-state index contributed by atoms with van der Waals surface area (Å²) in [7, 11) is -3.30. The van der Waals surface area contributed by atoms with Crippen LogP contribution in [-0.4, -0.2) is 44.1 Å². The average molecular weight is 407 g/mol. The van der Waals surface area contributed by atoms with Crippen molar-refractivity contribution in [1.82, 2.24) is 0 Å². The first kappa shape index (κ1) is 25.5. The van der Waals surface area contributed by atoms with Gasteiger partial charge in [-0.05, 0) is 52.2 Å². The van der Waals surface area contributed by atoms with E-state index >= 15 is 0 Å². The number of hydrogen-bond acceptors (Lipinski definition) is 3. The molecule has 0 heterocycles. The van der Waals surface area contributed by atoms with Crippen LogP contribution in [0.25, 0.3) is 0 Å². The highest BCUT2D eigenvalue weighted by Gasteiger charge is 2.55. The maximum absolute atomic E-state index is 7.27. The van der Waals surface area contributed by atoms with E-state index in [-0.39, 0.29) is 16.4 Å². The maximum atomic E-state index is 7.27. The molecule has 0 N–H and O–H groups in total. The molecule has 0 saturated carbocycles. The molecular weight excluding hydrogens is 360 g/mol. The smallest absolute Gasteiger partial charge is 0.318 e. The molecule has 0 amide bonds. The second-order valence-electron chi connectivity index (χ2n) is 9.01. The van der Waals surface area contributed by atoms with Crippen molar-refractivity contribution >= 4 is 25.7 Å². The van der Waals surface area contributed by atoms with Gasteiger partial charge in [-0.15, -0.1) is 0 Å². The lowest BCUT2D eigenvalue weighted by molar-refractivity contribution is 0.0715. The van der Waals surface area contributed by atoms with Crippen LogP contribution < -0.4 is 0 Å². The normalized spacial score (nSPS) is 16.8. The van der Waals surface area contributed by atoms with E-state index in [4.69, 9.17) is 13.3 Å². The summed E-state index contributed by atoms with van der Waals surface area (Å²) in [6.07, 6.45) is 4.60. The Morgan fingerprint density at radius 2 is 1.32 bits per heavy atom. The molecule has 152 valence electrons. The molecule has 25 heavy (non-hydrogen) atoms. The minimum absolute atomic E-state index is 0.0579. The molecule has 3 nitrogen and oxygen atoms in total. The van der Waals surface area contributed by atoms with E-state index in [1.807, 2.05) is 0 Å². The first-order valence-corrected chi connectivity index (χ1v) is 18.7. The summed E-state index contributed by atoms with van der Waals surface area (Å²) >= 11 is 0. The molecule has 0 rings (SSSR count). The lowest BCUT2D eigenvalue weighted by atomic mass is 9.96. The van der Waals surface area contributed by atoms with E-state index in [2.05, 4.69) is 73.9 Å². The highest BCUT2D eigenvalue weighted by atomic mass is 28.4.